The average molecular weight is 395 g/mol. The molecule has 3 aromatic rings. The van der Waals surface area contributed by atoms with Crippen molar-refractivity contribution in [1.29, 1.82) is 0 Å². The van der Waals surface area contributed by atoms with E-state index in [2.05, 4.69) is 15.2 Å². The van der Waals surface area contributed by atoms with Gasteiger partial charge in [-0.05, 0) is 49.2 Å². The highest BCUT2D eigenvalue weighted by atomic mass is 32.2. The van der Waals surface area contributed by atoms with E-state index in [0.717, 1.165) is 42.9 Å². The van der Waals surface area contributed by atoms with Crippen molar-refractivity contribution in [2.24, 2.45) is 0 Å². The summed E-state index contributed by atoms with van der Waals surface area (Å²) in [7, 11) is 1.64. The van der Waals surface area contributed by atoms with Gasteiger partial charge >= 0.3 is 0 Å². The summed E-state index contributed by atoms with van der Waals surface area (Å²) in [6.45, 7) is 1.71. The zero-order valence-corrected chi connectivity index (χ0v) is 16.4. The first-order chi connectivity index (χ1) is 13.8. The average Bonchev–Trinajstić information content (AvgIpc) is 3.43. The van der Waals surface area contributed by atoms with Crippen LogP contribution in [0.2, 0.25) is 0 Å². The summed E-state index contributed by atoms with van der Waals surface area (Å²) in [5.41, 5.74) is 1.77. The van der Waals surface area contributed by atoms with Crippen LogP contribution in [0.4, 0.5) is 0 Å². The molecule has 0 radical (unpaired) electrons. The summed E-state index contributed by atoms with van der Waals surface area (Å²) in [6.07, 6.45) is 5.66. The Bertz CT molecular complexity index is 937. The SMILES string of the molecule is COc1ccc(-n2c(SCC(=O)N3CCCC3)nnc2-c2cccnc2)cc1. The number of hydrogen-bond acceptors (Lipinski definition) is 6. The van der Waals surface area contributed by atoms with E-state index < -0.39 is 0 Å². The predicted molar refractivity (Wildman–Crippen MR) is 108 cm³/mol. The molecule has 3 heterocycles. The molecule has 144 valence electrons. The molecule has 1 saturated heterocycles. The summed E-state index contributed by atoms with van der Waals surface area (Å²) in [5, 5.41) is 9.41. The van der Waals surface area contributed by atoms with Crippen LogP contribution in [-0.2, 0) is 4.79 Å². The van der Waals surface area contributed by atoms with Crippen LogP contribution < -0.4 is 4.74 Å². The number of likely N-dealkylation sites (tertiary alicyclic amines) is 1. The maximum atomic E-state index is 12.4. The van der Waals surface area contributed by atoms with Gasteiger partial charge in [0.1, 0.15) is 5.75 Å². The molecule has 0 aliphatic carbocycles. The van der Waals surface area contributed by atoms with Gasteiger partial charge in [0.2, 0.25) is 5.91 Å². The summed E-state index contributed by atoms with van der Waals surface area (Å²) in [6, 6.07) is 11.5. The quantitative estimate of drug-likeness (QED) is 0.598. The van der Waals surface area contributed by atoms with Crippen molar-refractivity contribution in [3.8, 4) is 22.8 Å². The van der Waals surface area contributed by atoms with Gasteiger partial charge in [-0.2, -0.15) is 0 Å². The highest BCUT2D eigenvalue weighted by Crippen LogP contribution is 2.29. The minimum absolute atomic E-state index is 0.148. The van der Waals surface area contributed by atoms with Gasteiger partial charge in [0.25, 0.3) is 0 Å². The first-order valence-electron chi connectivity index (χ1n) is 9.17. The Balaban J connectivity index is 1.65. The second kappa shape index (κ2) is 8.43. The molecule has 8 heteroatoms. The van der Waals surface area contributed by atoms with Gasteiger partial charge < -0.3 is 9.64 Å². The maximum Gasteiger partial charge on any atom is 0.233 e. The summed E-state index contributed by atoms with van der Waals surface area (Å²) >= 11 is 1.41. The zero-order valence-electron chi connectivity index (χ0n) is 15.6. The minimum Gasteiger partial charge on any atom is -0.497 e. The Labute approximate surface area is 167 Å². The van der Waals surface area contributed by atoms with Crippen LogP contribution in [0.25, 0.3) is 17.1 Å². The van der Waals surface area contributed by atoms with E-state index in [4.69, 9.17) is 4.74 Å². The second-order valence-electron chi connectivity index (χ2n) is 6.46. The molecule has 1 aliphatic rings. The number of ether oxygens (including phenoxy) is 1. The van der Waals surface area contributed by atoms with E-state index in [1.165, 1.54) is 11.8 Å². The van der Waals surface area contributed by atoms with E-state index in [1.54, 1.807) is 19.5 Å². The van der Waals surface area contributed by atoms with Crippen molar-refractivity contribution in [1.82, 2.24) is 24.6 Å². The molecule has 0 spiro atoms. The van der Waals surface area contributed by atoms with E-state index in [9.17, 15) is 4.79 Å². The van der Waals surface area contributed by atoms with Crippen molar-refractivity contribution in [2.45, 2.75) is 18.0 Å². The van der Waals surface area contributed by atoms with Gasteiger partial charge in [0, 0.05) is 36.7 Å². The number of benzene rings is 1. The van der Waals surface area contributed by atoms with Crippen molar-refractivity contribution in [3.63, 3.8) is 0 Å². The Morgan fingerprint density at radius 2 is 1.93 bits per heavy atom. The van der Waals surface area contributed by atoms with Gasteiger partial charge in [-0.3, -0.25) is 14.3 Å². The number of pyridine rings is 1. The van der Waals surface area contributed by atoms with Crippen molar-refractivity contribution >= 4 is 17.7 Å². The molecule has 0 unspecified atom stereocenters. The highest BCUT2D eigenvalue weighted by Gasteiger charge is 2.21. The van der Waals surface area contributed by atoms with Crippen LogP contribution >= 0.6 is 11.8 Å². The van der Waals surface area contributed by atoms with Crippen LogP contribution in [-0.4, -0.2) is 56.5 Å². The van der Waals surface area contributed by atoms with Gasteiger partial charge in [0.05, 0.1) is 12.9 Å². The maximum absolute atomic E-state index is 12.4. The van der Waals surface area contributed by atoms with Gasteiger partial charge in [-0.1, -0.05) is 11.8 Å². The number of carbonyl (C=O) groups excluding carboxylic acids is 1. The first-order valence-corrected chi connectivity index (χ1v) is 10.2. The standard InChI is InChI=1S/C20H21N5O2S/c1-27-17-8-6-16(7-9-17)25-19(15-5-4-10-21-13-15)22-23-20(25)28-14-18(26)24-11-2-3-12-24/h4-10,13H,2-3,11-12,14H2,1H3. The Hall–Kier alpha value is -2.87. The zero-order chi connectivity index (χ0) is 19.3. The van der Waals surface area contributed by atoms with Crippen LogP contribution in [0.5, 0.6) is 5.75 Å². The second-order valence-corrected chi connectivity index (χ2v) is 7.40. The van der Waals surface area contributed by atoms with E-state index in [-0.39, 0.29) is 5.91 Å². The number of methoxy groups -OCH3 is 1. The number of hydrogen-bond donors (Lipinski definition) is 0. The summed E-state index contributed by atoms with van der Waals surface area (Å²) in [4.78, 5) is 18.6. The molecule has 0 atom stereocenters. The lowest BCUT2D eigenvalue weighted by atomic mass is 10.2. The number of nitrogens with zero attached hydrogens (tertiary/aromatic N) is 5. The van der Waals surface area contributed by atoms with Crippen LogP contribution in [0, 0.1) is 0 Å². The lowest BCUT2D eigenvalue weighted by Crippen LogP contribution is -2.29. The van der Waals surface area contributed by atoms with E-state index in [0.29, 0.717) is 16.7 Å². The number of amides is 1. The Morgan fingerprint density at radius 3 is 2.61 bits per heavy atom. The monoisotopic (exact) mass is 395 g/mol. The molecule has 1 amide bonds. The molecule has 1 fully saturated rings. The molecular formula is C20H21N5O2S. The number of rotatable bonds is 6. The largest absolute Gasteiger partial charge is 0.497 e. The third-order valence-corrected chi connectivity index (χ3v) is 5.58. The fraction of sp³-hybridized carbons (Fsp3) is 0.300. The molecule has 4 rings (SSSR count). The van der Waals surface area contributed by atoms with Crippen molar-refractivity contribution < 1.29 is 9.53 Å². The molecule has 0 N–H and O–H groups in total. The Kier molecular flexibility index (Phi) is 5.57. The van der Waals surface area contributed by atoms with E-state index >= 15 is 0 Å². The number of thioether (sulfide) groups is 1. The lowest BCUT2D eigenvalue weighted by Gasteiger charge is -2.15. The summed E-state index contributed by atoms with van der Waals surface area (Å²) in [5.74, 6) is 1.96. The topological polar surface area (TPSA) is 73.1 Å². The van der Waals surface area contributed by atoms with Crippen molar-refractivity contribution in [3.05, 3.63) is 48.8 Å². The van der Waals surface area contributed by atoms with Crippen molar-refractivity contribution in [2.75, 3.05) is 26.0 Å². The minimum atomic E-state index is 0.148. The first kappa shape index (κ1) is 18.5. The van der Waals surface area contributed by atoms with Crippen LogP contribution in [0.1, 0.15) is 12.8 Å². The van der Waals surface area contributed by atoms with E-state index in [1.807, 2.05) is 45.9 Å². The Morgan fingerprint density at radius 1 is 1.14 bits per heavy atom. The summed E-state index contributed by atoms with van der Waals surface area (Å²) < 4.78 is 7.22. The fourth-order valence-electron chi connectivity index (χ4n) is 3.19. The molecule has 0 saturated carbocycles. The van der Waals surface area contributed by atoms with Gasteiger partial charge in [0.15, 0.2) is 11.0 Å². The molecule has 1 aromatic carbocycles. The highest BCUT2D eigenvalue weighted by molar-refractivity contribution is 7.99. The van der Waals surface area contributed by atoms with Gasteiger partial charge in [-0.15, -0.1) is 10.2 Å². The molecular weight excluding hydrogens is 374 g/mol. The fourth-order valence-corrected chi connectivity index (χ4v) is 4.05. The smallest absolute Gasteiger partial charge is 0.233 e. The molecule has 28 heavy (non-hydrogen) atoms. The van der Waals surface area contributed by atoms with Crippen LogP contribution in [0.3, 0.4) is 0 Å². The van der Waals surface area contributed by atoms with Crippen LogP contribution in [0.15, 0.2) is 53.9 Å². The predicted octanol–water partition coefficient (Wildman–Crippen LogP) is 3.05. The third kappa shape index (κ3) is 3.87. The molecule has 2 aromatic heterocycles. The molecule has 7 nitrogen and oxygen atoms in total. The van der Waals surface area contributed by atoms with Gasteiger partial charge in [-0.25, -0.2) is 0 Å². The number of carbonyl (C=O) groups is 1. The molecule has 0 bridgehead atoms. The molecule has 1 aliphatic heterocycles. The number of aromatic nitrogens is 4. The lowest BCUT2D eigenvalue weighted by molar-refractivity contribution is -0.127. The normalized spacial score (nSPS) is 13.7. The third-order valence-electron chi connectivity index (χ3n) is 4.67.